The summed E-state index contributed by atoms with van der Waals surface area (Å²) in [5.41, 5.74) is 0.795. The second-order valence-electron chi connectivity index (χ2n) is 4.73. The normalized spacial score (nSPS) is 22.4. The molecular weight excluding hydrogens is 258 g/mol. The highest BCUT2D eigenvalue weighted by Gasteiger charge is 2.28. The van der Waals surface area contributed by atoms with Crippen molar-refractivity contribution in [1.82, 2.24) is 4.90 Å². The summed E-state index contributed by atoms with van der Waals surface area (Å²) in [6.07, 6.45) is -1.32. The van der Waals surface area contributed by atoms with Crippen LogP contribution in [-0.2, 0) is 0 Å². The van der Waals surface area contributed by atoms with Gasteiger partial charge in [0.15, 0.2) is 0 Å². The van der Waals surface area contributed by atoms with E-state index in [1.54, 1.807) is 0 Å². The van der Waals surface area contributed by atoms with Gasteiger partial charge in [0.25, 0.3) is 0 Å². The summed E-state index contributed by atoms with van der Waals surface area (Å²) >= 11 is 0. The van der Waals surface area contributed by atoms with E-state index in [1.807, 2.05) is 29.2 Å². The number of aliphatic hydroxyl groups is 3. The van der Waals surface area contributed by atoms with Crippen LogP contribution < -0.4 is 4.74 Å². The Hall–Kier alpha value is -1.58. The van der Waals surface area contributed by atoms with Gasteiger partial charge < -0.3 is 20.1 Å². The van der Waals surface area contributed by atoms with Crippen LogP contribution in [0.2, 0.25) is 0 Å². The molecule has 108 valence electrons. The minimum Gasteiger partial charge on any atom is -0.492 e. The van der Waals surface area contributed by atoms with Crippen molar-refractivity contribution in [1.29, 1.82) is 0 Å². The summed E-state index contributed by atoms with van der Waals surface area (Å²) in [7, 11) is 0. The number of hydrogen-bond donors (Lipinski definition) is 3. The Kier molecular flexibility index (Phi) is 5.39. The van der Waals surface area contributed by atoms with Gasteiger partial charge in [0, 0.05) is 25.2 Å². The highest BCUT2D eigenvalue weighted by atomic mass is 16.5. The highest BCUT2D eigenvalue weighted by Crippen LogP contribution is 2.13. The SMILES string of the molecule is OCC#Cc1cccc(OCCN2CC(O)C(O)C2)c1. The number of benzene rings is 1. The first-order valence-electron chi connectivity index (χ1n) is 6.60. The van der Waals surface area contributed by atoms with Crippen LogP contribution in [0.25, 0.3) is 0 Å². The Balaban J connectivity index is 1.79. The van der Waals surface area contributed by atoms with Gasteiger partial charge in [0.1, 0.15) is 19.0 Å². The van der Waals surface area contributed by atoms with Gasteiger partial charge >= 0.3 is 0 Å². The lowest BCUT2D eigenvalue weighted by Gasteiger charge is -2.15. The molecular formula is C15H19NO4. The zero-order valence-electron chi connectivity index (χ0n) is 11.2. The third-order valence-corrected chi connectivity index (χ3v) is 3.16. The molecule has 1 aromatic carbocycles. The van der Waals surface area contributed by atoms with Gasteiger partial charge in [-0.15, -0.1) is 0 Å². The highest BCUT2D eigenvalue weighted by molar-refractivity contribution is 5.39. The summed E-state index contributed by atoms with van der Waals surface area (Å²) in [5, 5.41) is 27.5. The second-order valence-corrected chi connectivity index (χ2v) is 4.73. The second kappa shape index (κ2) is 7.27. The summed E-state index contributed by atoms with van der Waals surface area (Å²) < 4.78 is 5.62. The molecule has 0 aliphatic carbocycles. The molecule has 0 amide bonds. The molecule has 3 N–H and O–H groups in total. The van der Waals surface area contributed by atoms with E-state index in [1.165, 1.54) is 0 Å². The molecule has 0 aromatic heterocycles. The fraction of sp³-hybridized carbons (Fsp3) is 0.467. The molecule has 20 heavy (non-hydrogen) atoms. The number of likely N-dealkylation sites (tertiary alicyclic amines) is 1. The van der Waals surface area contributed by atoms with Crippen molar-refractivity contribution in [2.75, 3.05) is 32.8 Å². The van der Waals surface area contributed by atoms with Crippen molar-refractivity contribution in [3.8, 4) is 17.6 Å². The van der Waals surface area contributed by atoms with E-state index in [0.717, 1.165) is 11.3 Å². The maximum Gasteiger partial charge on any atom is 0.120 e. The average molecular weight is 277 g/mol. The van der Waals surface area contributed by atoms with Crippen LogP contribution >= 0.6 is 0 Å². The van der Waals surface area contributed by atoms with E-state index in [4.69, 9.17) is 9.84 Å². The van der Waals surface area contributed by atoms with Crippen molar-refractivity contribution in [3.63, 3.8) is 0 Å². The van der Waals surface area contributed by atoms with E-state index < -0.39 is 12.2 Å². The average Bonchev–Trinajstić information content (AvgIpc) is 2.76. The number of aliphatic hydroxyl groups excluding tert-OH is 3. The van der Waals surface area contributed by atoms with Crippen molar-refractivity contribution in [3.05, 3.63) is 29.8 Å². The van der Waals surface area contributed by atoms with Crippen LogP contribution in [-0.4, -0.2) is 65.3 Å². The molecule has 2 unspecified atom stereocenters. The molecule has 1 heterocycles. The zero-order valence-corrected chi connectivity index (χ0v) is 11.2. The van der Waals surface area contributed by atoms with Crippen LogP contribution in [0.5, 0.6) is 5.75 Å². The van der Waals surface area contributed by atoms with Crippen molar-refractivity contribution < 1.29 is 20.1 Å². The molecule has 2 rings (SSSR count). The van der Waals surface area contributed by atoms with E-state index in [9.17, 15) is 10.2 Å². The third kappa shape index (κ3) is 4.22. The van der Waals surface area contributed by atoms with Crippen LogP contribution in [0, 0.1) is 11.8 Å². The monoisotopic (exact) mass is 277 g/mol. The number of hydrogen-bond acceptors (Lipinski definition) is 5. The molecule has 0 spiro atoms. The van der Waals surface area contributed by atoms with Crippen LogP contribution in [0.15, 0.2) is 24.3 Å². The van der Waals surface area contributed by atoms with Gasteiger partial charge in [0.2, 0.25) is 0 Å². The number of rotatable bonds is 4. The molecule has 1 aliphatic heterocycles. The number of ether oxygens (including phenoxy) is 1. The van der Waals surface area contributed by atoms with Crippen LogP contribution in [0.3, 0.4) is 0 Å². The smallest absolute Gasteiger partial charge is 0.120 e. The van der Waals surface area contributed by atoms with E-state index >= 15 is 0 Å². The summed E-state index contributed by atoms with van der Waals surface area (Å²) in [5.74, 6) is 6.13. The number of β-amino-alcohol motifs (C(OH)–C–C–N with tert-alkyl or cyclic N) is 2. The topological polar surface area (TPSA) is 73.2 Å². The molecule has 2 atom stereocenters. The van der Waals surface area contributed by atoms with Crippen molar-refractivity contribution in [2.24, 2.45) is 0 Å². The van der Waals surface area contributed by atoms with Gasteiger partial charge in [0.05, 0.1) is 12.2 Å². The number of nitrogens with zero attached hydrogens (tertiary/aromatic N) is 1. The summed E-state index contributed by atoms with van der Waals surface area (Å²) in [6, 6.07) is 7.36. The molecule has 5 heteroatoms. The third-order valence-electron chi connectivity index (χ3n) is 3.16. The molecule has 0 saturated carbocycles. The largest absolute Gasteiger partial charge is 0.492 e. The van der Waals surface area contributed by atoms with E-state index in [-0.39, 0.29) is 6.61 Å². The van der Waals surface area contributed by atoms with Gasteiger partial charge in [-0.1, -0.05) is 17.9 Å². The van der Waals surface area contributed by atoms with E-state index in [0.29, 0.717) is 26.2 Å². The van der Waals surface area contributed by atoms with Gasteiger partial charge in [-0.2, -0.15) is 0 Å². The van der Waals surface area contributed by atoms with E-state index in [2.05, 4.69) is 11.8 Å². The Morgan fingerprint density at radius 3 is 2.70 bits per heavy atom. The fourth-order valence-electron chi connectivity index (χ4n) is 2.13. The summed E-state index contributed by atoms with van der Waals surface area (Å²) in [4.78, 5) is 1.96. The minimum absolute atomic E-state index is 0.162. The first-order valence-corrected chi connectivity index (χ1v) is 6.60. The Bertz CT molecular complexity index is 484. The Labute approximate surface area is 118 Å². The lowest BCUT2D eigenvalue weighted by atomic mass is 10.2. The van der Waals surface area contributed by atoms with Gasteiger partial charge in [-0.25, -0.2) is 0 Å². The first-order chi connectivity index (χ1) is 9.69. The van der Waals surface area contributed by atoms with Gasteiger partial charge in [-0.05, 0) is 18.2 Å². The zero-order chi connectivity index (χ0) is 14.4. The summed E-state index contributed by atoms with van der Waals surface area (Å²) in [6.45, 7) is 1.93. The molecule has 1 saturated heterocycles. The maximum atomic E-state index is 9.44. The van der Waals surface area contributed by atoms with Gasteiger partial charge in [-0.3, -0.25) is 4.90 Å². The lowest BCUT2D eigenvalue weighted by molar-refractivity contribution is 0.0572. The molecule has 1 fully saturated rings. The minimum atomic E-state index is -0.660. The van der Waals surface area contributed by atoms with Crippen LogP contribution in [0.1, 0.15) is 5.56 Å². The van der Waals surface area contributed by atoms with Crippen molar-refractivity contribution >= 4 is 0 Å². The Morgan fingerprint density at radius 1 is 1.25 bits per heavy atom. The predicted octanol–water partition coefficient (Wildman–Crippen LogP) is -0.553. The predicted molar refractivity (Wildman–Crippen MR) is 74.4 cm³/mol. The quantitative estimate of drug-likeness (QED) is 0.644. The first kappa shape index (κ1) is 14.8. The molecule has 1 aliphatic rings. The molecule has 1 aromatic rings. The molecule has 5 nitrogen and oxygen atoms in total. The molecule has 0 bridgehead atoms. The maximum absolute atomic E-state index is 9.44. The Morgan fingerprint density at radius 2 is 2.00 bits per heavy atom. The molecule has 0 radical (unpaired) electrons. The fourth-order valence-corrected chi connectivity index (χ4v) is 2.13. The van der Waals surface area contributed by atoms with Crippen LogP contribution in [0.4, 0.5) is 0 Å². The lowest BCUT2D eigenvalue weighted by Crippen LogP contribution is -2.27. The van der Waals surface area contributed by atoms with Crippen molar-refractivity contribution in [2.45, 2.75) is 12.2 Å². The standard InChI is InChI=1S/C15H19NO4/c17-7-2-4-12-3-1-5-13(9-12)20-8-6-16-10-14(18)15(19)11-16/h1,3,5,9,14-15,17-19H,6-8,10-11H2.